The van der Waals surface area contributed by atoms with Gasteiger partial charge >= 0.3 is 5.82 Å². The van der Waals surface area contributed by atoms with Gasteiger partial charge in [-0.25, -0.2) is 0 Å². The Morgan fingerprint density at radius 2 is 2.27 bits per heavy atom. The van der Waals surface area contributed by atoms with Gasteiger partial charge in [0.15, 0.2) is 0 Å². The maximum Gasteiger partial charge on any atom is 0.341 e. The summed E-state index contributed by atoms with van der Waals surface area (Å²) >= 11 is 4.38. The number of aromatic nitrogens is 2. The highest BCUT2D eigenvalue weighted by atomic mass is 127. The maximum atomic E-state index is 4.33. The molecule has 0 radical (unpaired) electrons. The summed E-state index contributed by atoms with van der Waals surface area (Å²) < 4.78 is 2.83. The monoisotopic (exact) mass is 422 g/mol. The molecule has 15 heavy (non-hydrogen) atoms. The first-order valence-electron chi connectivity index (χ1n) is 4.18. The Labute approximate surface area is 115 Å². The molecule has 0 amide bonds. The number of halogens is 2. The number of aliphatic imine (C=N–C) groups is 1. The third-order valence-corrected chi connectivity index (χ3v) is 3.36. The SMILES string of the molecule is IC1=C(c2nccc[n+]2I)C=CC=C=N1. The molecule has 2 rings (SSSR count). The van der Waals surface area contributed by atoms with Gasteiger partial charge in [-0.05, 0) is 45.6 Å². The van der Waals surface area contributed by atoms with Crippen molar-refractivity contribution in [1.82, 2.24) is 4.98 Å². The van der Waals surface area contributed by atoms with Crippen molar-refractivity contribution in [2.24, 2.45) is 4.99 Å². The van der Waals surface area contributed by atoms with Gasteiger partial charge in [-0.2, -0.15) is 7.77 Å². The minimum atomic E-state index is 0.889. The van der Waals surface area contributed by atoms with Crippen LogP contribution in [0.5, 0.6) is 0 Å². The normalized spacial score (nSPS) is 14.5. The molecular formula is C10H6I2N3+. The Kier molecular flexibility index (Phi) is 3.66. The quantitative estimate of drug-likeness (QED) is 0.506. The smallest absolute Gasteiger partial charge is 0.199 e. The van der Waals surface area contributed by atoms with Crippen molar-refractivity contribution in [1.29, 1.82) is 0 Å². The van der Waals surface area contributed by atoms with Gasteiger partial charge in [-0.3, -0.25) is 0 Å². The van der Waals surface area contributed by atoms with Crippen LogP contribution in [0, 0.1) is 0 Å². The van der Waals surface area contributed by atoms with Crippen LogP contribution in [0.1, 0.15) is 5.82 Å². The zero-order chi connectivity index (χ0) is 10.7. The van der Waals surface area contributed by atoms with E-state index in [1.807, 2.05) is 27.2 Å². The van der Waals surface area contributed by atoms with E-state index in [1.54, 1.807) is 12.3 Å². The van der Waals surface area contributed by atoms with E-state index in [1.165, 1.54) is 0 Å². The first kappa shape index (κ1) is 11.0. The number of hydrogen-bond donors (Lipinski definition) is 0. The van der Waals surface area contributed by atoms with Crippen LogP contribution in [0.4, 0.5) is 0 Å². The Balaban J connectivity index is 2.57. The second-order valence-corrected chi connectivity index (χ2v) is 4.79. The van der Waals surface area contributed by atoms with Crippen LogP contribution in [-0.2, 0) is 0 Å². The minimum Gasteiger partial charge on any atom is -0.199 e. The summed E-state index contributed by atoms with van der Waals surface area (Å²) in [5.74, 6) is 3.71. The lowest BCUT2D eigenvalue weighted by atomic mass is 10.2. The standard InChI is InChI=1S/C10H6I2N3/c11-9-8(4-1-2-5-13-9)10-14-6-3-7-15(10)12/h1-4,6-7H/q+1. The largest absolute Gasteiger partial charge is 0.341 e. The average Bonchev–Trinajstić information content (AvgIpc) is 2.44. The van der Waals surface area contributed by atoms with Gasteiger partial charge < -0.3 is 0 Å². The lowest BCUT2D eigenvalue weighted by Crippen LogP contribution is -2.25. The van der Waals surface area contributed by atoms with Crippen molar-refractivity contribution in [3.05, 3.63) is 46.2 Å². The predicted octanol–water partition coefficient (Wildman–Crippen LogP) is 2.47. The molecule has 1 aliphatic heterocycles. The van der Waals surface area contributed by atoms with Gasteiger partial charge in [0.05, 0.1) is 0 Å². The second kappa shape index (κ2) is 5.00. The molecule has 0 saturated carbocycles. The van der Waals surface area contributed by atoms with Crippen molar-refractivity contribution in [3.63, 3.8) is 0 Å². The van der Waals surface area contributed by atoms with Crippen molar-refractivity contribution >= 4 is 56.9 Å². The highest BCUT2D eigenvalue weighted by Gasteiger charge is 2.17. The van der Waals surface area contributed by atoms with Crippen LogP contribution >= 0.6 is 45.5 Å². The van der Waals surface area contributed by atoms with Crippen molar-refractivity contribution in [3.8, 4) is 0 Å². The van der Waals surface area contributed by atoms with Crippen molar-refractivity contribution < 1.29 is 2.78 Å². The predicted molar refractivity (Wildman–Crippen MR) is 75.9 cm³/mol. The maximum absolute atomic E-state index is 4.33. The Morgan fingerprint density at radius 3 is 3.07 bits per heavy atom. The van der Waals surface area contributed by atoms with Gasteiger partial charge in [-0.1, -0.05) is 6.08 Å². The van der Waals surface area contributed by atoms with Gasteiger partial charge in [0, 0.05) is 6.07 Å². The molecule has 0 fully saturated rings. The van der Waals surface area contributed by atoms with Gasteiger partial charge in [-0.15, -0.1) is 0 Å². The minimum absolute atomic E-state index is 0.889. The molecule has 0 N–H and O–H groups in total. The molecule has 74 valence electrons. The molecule has 5 heteroatoms. The van der Waals surface area contributed by atoms with Gasteiger partial charge in [0.25, 0.3) is 0 Å². The molecule has 0 aliphatic carbocycles. The van der Waals surface area contributed by atoms with E-state index in [4.69, 9.17) is 0 Å². The summed E-state index contributed by atoms with van der Waals surface area (Å²) in [7, 11) is 0. The fourth-order valence-corrected chi connectivity index (χ4v) is 2.25. The highest BCUT2D eigenvalue weighted by molar-refractivity contribution is 14.1. The molecule has 1 aromatic rings. The van der Waals surface area contributed by atoms with E-state index < -0.39 is 0 Å². The van der Waals surface area contributed by atoms with E-state index in [9.17, 15) is 0 Å². The third-order valence-electron chi connectivity index (χ3n) is 1.76. The molecule has 0 bridgehead atoms. The number of allylic oxidation sites excluding steroid dienone is 4. The zero-order valence-corrected chi connectivity index (χ0v) is 11.9. The van der Waals surface area contributed by atoms with E-state index in [2.05, 4.69) is 61.3 Å². The van der Waals surface area contributed by atoms with Crippen LogP contribution in [0.3, 0.4) is 0 Å². The number of hydrogen-bond acceptors (Lipinski definition) is 2. The summed E-state index contributed by atoms with van der Waals surface area (Å²) in [5, 5.41) is 0. The lowest BCUT2D eigenvalue weighted by Gasteiger charge is -1.97. The zero-order valence-electron chi connectivity index (χ0n) is 7.56. The molecule has 1 aliphatic rings. The van der Waals surface area contributed by atoms with Crippen LogP contribution in [0.15, 0.2) is 45.4 Å². The summed E-state index contributed by atoms with van der Waals surface area (Å²) in [5.41, 5.74) is 1.01. The van der Waals surface area contributed by atoms with Crippen LogP contribution in [0.25, 0.3) is 5.57 Å². The Hall–Kier alpha value is -0.530. The first-order valence-corrected chi connectivity index (χ1v) is 6.22. The average molecular weight is 422 g/mol. The summed E-state index contributed by atoms with van der Waals surface area (Å²) in [6.45, 7) is 0. The Bertz CT molecular complexity index is 511. The summed E-state index contributed by atoms with van der Waals surface area (Å²) in [6.07, 6.45) is 9.41. The van der Waals surface area contributed by atoms with Crippen molar-refractivity contribution in [2.45, 2.75) is 0 Å². The topological polar surface area (TPSA) is 29.1 Å². The van der Waals surface area contributed by atoms with E-state index in [0.717, 1.165) is 15.1 Å². The summed E-state index contributed by atoms with van der Waals surface area (Å²) in [4.78, 5) is 8.50. The molecule has 0 unspecified atom stereocenters. The molecule has 0 spiro atoms. The molecule has 0 atom stereocenters. The number of rotatable bonds is 1. The molecule has 3 nitrogen and oxygen atoms in total. The van der Waals surface area contributed by atoms with Crippen LogP contribution in [-0.4, -0.2) is 10.9 Å². The molecular weight excluding hydrogens is 416 g/mol. The lowest BCUT2D eigenvalue weighted by molar-refractivity contribution is -0.448. The fraction of sp³-hybridized carbons (Fsp3) is 0. The van der Waals surface area contributed by atoms with Crippen LogP contribution in [0.2, 0.25) is 0 Å². The fourth-order valence-electron chi connectivity index (χ4n) is 1.12. The summed E-state index contributed by atoms with van der Waals surface area (Å²) in [6, 6.07) is 1.89. The van der Waals surface area contributed by atoms with Gasteiger partial charge in [0.1, 0.15) is 21.7 Å². The number of nitrogens with zero attached hydrogens (tertiary/aromatic N) is 3. The van der Waals surface area contributed by atoms with Crippen molar-refractivity contribution in [2.75, 3.05) is 0 Å². The first-order chi connectivity index (χ1) is 7.29. The Morgan fingerprint density at radius 1 is 1.40 bits per heavy atom. The molecule has 0 aromatic carbocycles. The molecule has 0 saturated heterocycles. The third kappa shape index (κ3) is 2.53. The molecule has 2 heterocycles. The highest BCUT2D eigenvalue weighted by Crippen LogP contribution is 2.23. The van der Waals surface area contributed by atoms with Crippen LogP contribution < -0.4 is 2.78 Å². The van der Waals surface area contributed by atoms with E-state index in [-0.39, 0.29) is 0 Å². The molecule has 1 aromatic heterocycles. The second-order valence-electron chi connectivity index (χ2n) is 2.73. The van der Waals surface area contributed by atoms with Gasteiger partial charge in [0.2, 0.25) is 22.9 Å². The van der Waals surface area contributed by atoms with E-state index >= 15 is 0 Å². The van der Waals surface area contributed by atoms with E-state index in [0.29, 0.717) is 0 Å².